The van der Waals surface area contributed by atoms with Gasteiger partial charge in [-0.1, -0.05) is 13.3 Å². The Kier molecular flexibility index (Phi) is 4.99. The lowest BCUT2D eigenvalue weighted by Crippen LogP contribution is -2.47. The first-order valence-corrected chi connectivity index (χ1v) is 7.73. The predicted molar refractivity (Wildman–Crippen MR) is 82.9 cm³/mol. The average molecular weight is 342 g/mol. The zero-order valence-electron chi connectivity index (χ0n) is 11.9. The molecule has 0 saturated carbocycles. The maximum atomic E-state index is 12.4. The summed E-state index contributed by atoms with van der Waals surface area (Å²) in [5, 5.41) is 2.78. The van der Waals surface area contributed by atoms with Crippen LogP contribution in [0, 0.1) is 0 Å². The van der Waals surface area contributed by atoms with E-state index in [1.165, 1.54) is 0 Å². The van der Waals surface area contributed by atoms with Crippen molar-refractivity contribution in [3.05, 3.63) is 27.1 Å². The lowest BCUT2D eigenvalue weighted by molar-refractivity contribution is -0.122. The number of carbonyl (C=O) groups is 1. The van der Waals surface area contributed by atoms with Gasteiger partial charge in [0.25, 0.3) is 0 Å². The summed E-state index contributed by atoms with van der Waals surface area (Å²) >= 11 is 3.21. The topological polar surface area (TPSA) is 54.3 Å². The second-order valence-corrected chi connectivity index (χ2v) is 6.00. The van der Waals surface area contributed by atoms with Gasteiger partial charge in [0.05, 0.1) is 10.5 Å². The third-order valence-electron chi connectivity index (χ3n) is 3.69. The molecule has 0 spiro atoms. The Morgan fingerprint density at radius 3 is 2.90 bits per heavy atom. The van der Waals surface area contributed by atoms with Crippen molar-refractivity contribution in [2.75, 3.05) is 18.4 Å². The third kappa shape index (κ3) is 3.30. The molecule has 0 aliphatic carbocycles. The van der Waals surface area contributed by atoms with E-state index in [1.54, 1.807) is 17.0 Å². The lowest BCUT2D eigenvalue weighted by Gasteiger charge is -2.33. The van der Waals surface area contributed by atoms with Gasteiger partial charge < -0.3 is 9.88 Å². The fourth-order valence-corrected chi connectivity index (χ4v) is 3.17. The van der Waals surface area contributed by atoms with Gasteiger partial charge in [0.2, 0.25) is 11.3 Å². The van der Waals surface area contributed by atoms with E-state index in [-0.39, 0.29) is 17.4 Å². The molecule has 1 aliphatic rings. The van der Waals surface area contributed by atoms with Gasteiger partial charge in [0, 0.05) is 19.4 Å². The highest BCUT2D eigenvalue weighted by Gasteiger charge is 2.27. The van der Waals surface area contributed by atoms with Crippen molar-refractivity contribution < 1.29 is 4.79 Å². The molecule has 1 aliphatic heterocycles. The Morgan fingerprint density at radius 1 is 1.45 bits per heavy atom. The summed E-state index contributed by atoms with van der Waals surface area (Å²) in [7, 11) is 1.82. The monoisotopic (exact) mass is 341 g/mol. The highest BCUT2D eigenvalue weighted by molar-refractivity contribution is 9.10. The number of aryl methyl sites for hydroxylation is 1. The third-order valence-corrected chi connectivity index (χ3v) is 4.26. The van der Waals surface area contributed by atoms with E-state index < -0.39 is 0 Å². The molecule has 1 saturated heterocycles. The molecule has 6 heteroatoms. The fraction of sp³-hybridized carbons (Fsp3) is 0.571. The van der Waals surface area contributed by atoms with E-state index in [0.717, 1.165) is 32.4 Å². The maximum Gasteiger partial charge on any atom is 0.241 e. The van der Waals surface area contributed by atoms with Gasteiger partial charge in [0.15, 0.2) is 0 Å². The average Bonchev–Trinajstić information content (AvgIpc) is 2.44. The quantitative estimate of drug-likeness (QED) is 0.914. The number of nitrogens with one attached hydrogen (secondary N) is 1. The molecule has 110 valence electrons. The van der Waals surface area contributed by atoms with Gasteiger partial charge in [-0.05, 0) is 41.9 Å². The minimum absolute atomic E-state index is 0.0817. The molecule has 1 unspecified atom stereocenters. The molecular weight excluding hydrogens is 322 g/mol. The number of aromatic nitrogens is 1. The highest BCUT2D eigenvalue weighted by Crippen LogP contribution is 2.18. The SMILES string of the molecule is CCN1CCCCC1C(=O)Nc1cn(C)cc(Br)c1=O. The molecule has 0 bridgehead atoms. The normalized spacial score (nSPS) is 19.9. The Bertz CT molecular complexity index is 556. The van der Waals surface area contributed by atoms with Crippen LogP contribution in [-0.4, -0.2) is 34.5 Å². The zero-order chi connectivity index (χ0) is 14.7. The number of hydrogen-bond donors (Lipinski definition) is 1. The summed E-state index contributed by atoms with van der Waals surface area (Å²) in [5.41, 5.74) is 0.142. The number of likely N-dealkylation sites (tertiary alicyclic amines) is 1. The Hall–Kier alpha value is -1.14. The van der Waals surface area contributed by atoms with Crippen LogP contribution < -0.4 is 10.7 Å². The van der Waals surface area contributed by atoms with Crippen LogP contribution in [0.1, 0.15) is 26.2 Å². The number of rotatable bonds is 3. The van der Waals surface area contributed by atoms with E-state index in [2.05, 4.69) is 33.1 Å². The largest absolute Gasteiger partial charge is 0.354 e. The van der Waals surface area contributed by atoms with Crippen LogP contribution in [0.25, 0.3) is 0 Å². The molecule has 20 heavy (non-hydrogen) atoms. The molecule has 2 rings (SSSR count). The van der Waals surface area contributed by atoms with E-state index in [1.807, 2.05) is 7.05 Å². The van der Waals surface area contributed by atoms with E-state index in [9.17, 15) is 9.59 Å². The Labute approximate surface area is 127 Å². The molecule has 1 atom stereocenters. The fourth-order valence-electron chi connectivity index (χ4n) is 2.64. The number of anilines is 1. The summed E-state index contributed by atoms with van der Waals surface area (Å²) in [6.07, 6.45) is 6.37. The van der Waals surface area contributed by atoms with Gasteiger partial charge in [-0.3, -0.25) is 14.5 Å². The lowest BCUT2D eigenvalue weighted by atomic mass is 10.0. The Balaban J connectivity index is 2.17. The first-order chi connectivity index (χ1) is 9.52. The second-order valence-electron chi connectivity index (χ2n) is 5.14. The van der Waals surface area contributed by atoms with Gasteiger partial charge in [-0.2, -0.15) is 0 Å². The number of amides is 1. The first kappa shape index (κ1) is 15.3. The number of halogens is 1. The van der Waals surface area contributed by atoms with Crippen molar-refractivity contribution in [2.45, 2.75) is 32.2 Å². The molecule has 0 radical (unpaired) electrons. The van der Waals surface area contributed by atoms with Gasteiger partial charge >= 0.3 is 0 Å². The number of piperidine rings is 1. The van der Waals surface area contributed by atoms with Gasteiger partial charge in [-0.25, -0.2) is 0 Å². The standard InChI is InChI=1S/C14H20BrN3O2/c1-3-18-7-5-4-6-12(18)14(20)16-11-9-17(2)8-10(15)13(11)19/h8-9,12H,3-7H2,1-2H3,(H,16,20). The van der Waals surface area contributed by atoms with Crippen molar-refractivity contribution in [1.82, 2.24) is 9.47 Å². The molecular formula is C14H20BrN3O2. The summed E-state index contributed by atoms with van der Waals surface area (Å²) in [6.45, 7) is 3.86. The minimum atomic E-state index is -0.185. The summed E-state index contributed by atoms with van der Waals surface area (Å²) < 4.78 is 2.20. The van der Waals surface area contributed by atoms with Crippen LogP contribution in [0.3, 0.4) is 0 Å². The molecule has 1 aromatic heterocycles. The minimum Gasteiger partial charge on any atom is -0.354 e. The molecule has 1 amide bonds. The Morgan fingerprint density at radius 2 is 2.20 bits per heavy atom. The molecule has 1 N–H and O–H groups in total. The first-order valence-electron chi connectivity index (χ1n) is 6.93. The molecule has 2 heterocycles. The number of nitrogens with zero attached hydrogens (tertiary/aromatic N) is 2. The maximum absolute atomic E-state index is 12.4. The van der Waals surface area contributed by atoms with Crippen molar-refractivity contribution in [3.8, 4) is 0 Å². The van der Waals surface area contributed by atoms with Crippen LogP contribution in [-0.2, 0) is 11.8 Å². The zero-order valence-corrected chi connectivity index (χ0v) is 13.4. The smallest absolute Gasteiger partial charge is 0.241 e. The van der Waals surface area contributed by atoms with E-state index >= 15 is 0 Å². The van der Waals surface area contributed by atoms with Crippen molar-refractivity contribution in [1.29, 1.82) is 0 Å². The van der Waals surface area contributed by atoms with Crippen LogP contribution in [0.5, 0.6) is 0 Å². The van der Waals surface area contributed by atoms with Crippen LogP contribution in [0.15, 0.2) is 21.7 Å². The van der Waals surface area contributed by atoms with Crippen LogP contribution >= 0.6 is 15.9 Å². The van der Waals surface area contributed by atoms with Crippen LogP contribution in [0.4, 0.5) is 5.69 Å². The van der Waals surface area contributed by atoms with Gasteiger partial charge in [0.1, 0.15) is 5.69 Å². The van der Waals surface area contributed by atoms with Crippen LogP contribution in [0.2, 0.25) is 0 Å². The number of pyridine rings is 1. The van der Waals surface area contributed by atoms with Crippen molar-refractivity contribution >= 4 is 27.5 Å². The van der Waals surface area contributed by atoms with Crippen molar-refractivity contribution in [3.63, 3.8) is 0 Å². The summed E-state index contributed by atoms with van der Waals surface area (Å²) in [4.78, 5) is 26.6. The number of hydrogen-bond acceptors (Lipinski definition) is 3. The van der Waals surface area contributed by atoms with E-state index in [4.69, 9.17) is 0 Å². The van der Waals surface area contributed by atoms with E-state index in [0.29, 0.717) is 10.2 Å². The number of likely N-dealkylation sites (N-methyl/N-ethyl adjacent to an activating group) is 1. The molecule has 1 fully saturated rings. The number of carbonyl (C=O) groups excluding carboxylic acids is 1. The van der Waals surface area contributed by atoms with Crippen molar-refractivity contribution in [2.24, 2.45) is 7.05 Å². The van der Waals surface area contributed by atoms with Gasteiger partial charge in [-0.15, -0.1) is 0 Å². The summed E-state index contributed by atoms with van der Waals surface area (Å²) in [5.74, 6) is -0.0817. The second kappa shape index (κ2) is 6.54. The summed E-state index contributed by atoms with van der Waals surface area (Å²) in [6, 6.07) is -0.127. The molecule has 1 aromatic rings. The molecule has 0 aromatic carbocycles. The predicted octanol–water partition coefficient (Wildman–Crippen LogP) is 1.96. The molecule has 5 nitrogen and oxygen atoms in total. The highest BCUT2D eigenvalue weighted by atomic mass is 79.9.